The molecule has 0 aromatic heterocycles. The molecule has 21 heavy (non-hydrogen) atoms. The van der Waals surface area contributed by atoms with Crippen molar-refractivity contribution >= 4 is 11.6 Å². The number of carbonyl (C=O) groups is 1. The highest BCUT2D eigenvalue weighted by molar-refractivity contribution is 5.96. The van der Waals surface area contributed by atoms with Gasteiger partial charge in [0, 0.05) is 11.3 Å². The molecule has 0 unspecified atom stereocenters. The van der Waals surface area contributed by atoms with Crippen LogP contribution >= 0.6 is 0 Å². The van der Waals surface area contributed by atoms with Crippen molar-refractivity contribution in [3.05, 3.63) is 29.6 Å². The molecule has 0 atom stereocenters. The molecule has 0 radical (unpaired) electrons. The van der Waals surface area contributed by atoms with Gasteiger partial charge in [-0.15, -0.1) is 0 Å². The van der Waals surface area contributed by atoms with Gasteiger partial charge in [-0.3, -0.25) is 4.79 Å². The van der Waals surface area contributed by atoms with Crippen LogP contribution in [0.2, 0.25) is 0 Å². The van der Waals surface area contributed by atoms with Gasteiger partial charge in [0.25, 0.3) is 0 Å². The van der Waals surface area contributed by atoms with Gasteiger partial charge in [-0.1, -0.05) is 6.07 Å². The largest absolute Gasteiger partial charge is 0.325 e. The van der Waals surface area contributed by atoms with E-state index >= 15 is 0 Å². The molecule has 4 aliphatic rings. The van der Waals surface area contributed by atoms with Crippen LogP contribution in [-0.2, 0) is 4.79 Å². The van der Waals surface area contributed by atoms with Gasteiger partial charge < -0.3 is 5.32 Å². The maximum absolute atomic E-state index is 13.6. The van der Waals surface area contributed by atoms with Gasteiger partial charge >= 0.3 is 0 Å². The molecule has 0 spiro atoms. The second-order valence-electron chi connectivity index (χ2n) is 7.56. The number of amides is 1. The standard InChI is InChI=1S/C18H22FNO/c1-11-15(19)3-2-4-16(11)20-17(21)18-8-12-5-13(9-18)7-14(6-12)10-18/h2-4,12-14H,5-10H2,1H3,(H,20,21). The quantitative estimate of drug-likeness (QED) is 0.863. The first kappa shape index (κ1) is 13.3. The lowest BCUT2D eigenvalue weighted by Gasteiger charge is -2.55. The monoisotopic (exact) mass is 287 g/mol. The summed E-state index contributed by atoms with van der Waals surface area (Å²) in [5.41, 5.74) is 0.999. The molecule has 1 aromatic rings. The van der Waals surface area contributed by atoms with Gasteiger partial charge in [-0.2, -0.15) is 0 Å². The van der Waals surface area contributed by atoms with Gasteiger partial charge in [-0.25, -0.2) is 4.39 Å². The lowest BCUT2D eigenvalue weighted by molar-refractivity contribution is -0.140. The Labute approximate surface area is 125 Å². The van der Waals surface area contributed by atoms with E-state index in [0.717, 1.165) is 37.0 Å². The van der Waals surface area contributed by atoms with Gasteiger partial charge in [-0.05, 0) is 75.3 Å². The number of hydrogen-bond acceptors (Lipinski definition) is 1. The van der Waals surface area contributed by atoms with Gasteiger partial charge in [0.05, 0.1) is 5.41 Å². The molecule has 4 aliphatic carbocycles. The minimum absolute atomic E-state index is 0.135. The van der Waals surface area contributed by atoms with Crippen LogP contribution in [0.4, 0.5) is 10.1 Å². The Bertz CT molecular complexity index is 560. The summed E-state index contributed by atoms with van der Waals surface area (Å²) >= 11 is 0. The summed E-state index contributed by atoms with van der Waals surface area (Å²) in [5, 5.41) is 3.03. The zero-order valence-corrected chi connectivity index (χ0v) is 12.5. The third kappa shape index (κ3) is 2.09. The van der Waals surface area contributed by atoms with Crippen LogP contribution in [0, 0.1) is 35.9 Å². The lowest BCUT2D eigenvalue weighted by atomic mass is 9.49. The van der Waals surface area contributed by atoms with Crippen molar-refractivity contribution in [2.45, 2.75) is 45.4 Å². The van der Waals surface area contributed by atoms with Crippen molar-refractivity contribution in [3.63, 3.8) is 0 Å². The Balaban J connectivity index is 1.59. The van der Waals surface area contributed by atoms with E-state index in [-0.39, 0.29) is 17.1 Å². The average molecular weight is 287 g/mol. The van der Waals surface area contributed by atoms with Crippen molar-refractivity contribution in [2.75, 3.05) is 5.32 Å². The molecule has 4 saturated carbocycles. The minimum Gasteiger partial charge on any atom is -0.325 e. The van der Waals surface area contributed by atoms with E-state index in [4.69, 9.17) is 0 Å². The Kier molecular flexibility index (Phi) is 2.88. The highest BCUT2D eigenvalue weighted by Gasteiger charge is 2.54. The van der Waals surface area contributed by atoms with E-state index in [1.807, 2.05) is 0 Å². The molecule has 1 N–H and O–H groups in total. The van der Waals surface area contributed by atoms with Crippen LogP contribution in [0.5, 0.6) is 0 Å². The first-order valence-corrected chi connectivity index (χ1v) is 8.12. The smallest absolute Gasteiger partial charge is 0.230 e. The second-order valence-corrected chi connectivity index (χ2v) is 7.56. The molecule has 112 valence electrons. The Morgan fingerprint density at radius 1 is 1.14 bits per heavy atom. The number of rotatable bonds is 2. The van der Waals surface area contributed by atoms with Crippen LogP contribution in [0.15, 0.2) is 18.2 Å². The molecule has 5 rings (SSSR count). The summed E-state index contributed by atoms with van der Waals surface area (Å²) in [4.78, 5) is 12.9. The molecule has 2 nitrogen and oxygen atoms in total. The molecule has 1 aromatic carbocycles. The number of benzene rings is 1. The number of anilines is 1. The fraction of sp³-hybridized carbons (Fsp3) is 0.611. The van der Waals surface area contributed by atoms with E-state index in [1.165, 1.54) is 25.3 Å². The Hall–Kier alpha value is -1.38. The molecule has 4 bridgehead atoms. The van der Waals surface area contributed by atoms with Crippen LogP contribution in [0.25, 0.3) is 0 Å². The van der Waals surface area contributed by atoms with Gasteiger partial charge in [0.2, 0.25) is 5.91 Å². The number of nitrogens with one attached hydrogen (secondary N) is 1. The summed E-state index contributed by atoms with van der Waals surface area (Å²) in [7, 11) is 0. The topological polar surface area (TPSA) is 29.1 Å². The van der Waals surface area contributed by atoms with Crippen LogP contribution in [0.1, 0.15) is 44.1 Å². The van der Waals surface area contributed by atoms with Crippen molar-refractivity contribution in [1.82, 2.24) is 0 Å². The molecular formula is C18H22FNO. The summed E-state index contributed by atoms with van der Waals surface area (Å²) in [6.07, 6.45) is 7.10. The molecular weight excluding hydrogens is 265 g/mol. The average Bonchev–Trinajstić information content (AvgIpc) is 2.42. The number of carbonyl (C=O) groups excluding carboxylic acids is 1. The van der Waals surface area contributed by atoms with Gasteiger partial charge in [0.15, 0.2) is 0 Å². The van der Waals surface area contributed by atoms with E-state index < -0.39 is 0 Å². The van der Waals surface area contributed by atoms with Crippen molar-refractivity contribution in [1.29, 1.82) is 0 Å². The zero-order valence-electron chi connectivity index (χ0n) is 12.5. The zero-order chi connectivity index (χ0) is 14.6. The third-order valence-corrected chi connectivity index (χ3v) is 6.04. The maximum Gasteiger partial charge on any atom is 0.230 e. The molecule has 1 amide bonds. The van der Waals surface area contributed by atoms with E-state index in [1.54, 1.807) is 19.1 Å². The predicted octanol–water partition coefficient (Wildman–Crippen LogP) is 4.29. The summed E-state index contributed by atoms with van der Waals surface area (Å²) in [5.74, 6) is 2.12. The summed E-state index contributed by atoms with van der Waals surface area (Å²) in [6.45, 7) is 1.73. The van der Waals surface area contributed by atoms with Crippen LogP contribution < -0.4 is 5.32 Å². The fourth-order valence-corrected chi connectivity index (χ4v) is 5.39. The fourth-order valence-electron chi connectivity index (χ4n) is 5.39. The molecule has 0 heterocycles. The van der Waals surface area contributed by atoms with E-state index in [0.29, 0.717) is 11.3 Å². The van der Waals surface area contributed by atoms with Crippen LogP contribution in [-0.4, -0.2) is 5.91 Å². The minimum atomic E-state index is -0.252. The Morgan fingerprint density at radius 2 is 1.71 bits per heavy atom. The number of halogens is 1. The molecule has 0 aliphatic heterocycles. The lowest BCUT2D eigenvalue weighted by Crippen LogP contribution is -2.51. The normalized spacial score (nSPS) is 36.8. The maximum atomic E-state index is 13.6. The van der Waals surface area contributed by atoms with E-state index in [9.17, 15) is 9.18 Å². The highest BCUT2D eigenvalue weighted by Crippen LogP contribution is 2.60. The first-order valence-electron chi connectivity index (χ1n) is 8.12. The Morgan fingerprint density at radius 3 is 2.29 bits per heavy atom. The molecule has 3 heteroatoms. The predicted molar refractivity (Wildman–Crippen MR) is 80.4 cm³/mol. The van der Waals surface area contributed by atoms with Gasteiger partial charge in [0.1, 0.15) is 5.82 Å². The highest BCUT2D eigenvalue weighted by atomic mass is 19.1. The summed E-state index contributed by atoms with van der Waals surface area (Å²) in [6, 6.07) is 4.91. The SMILES string of the molecule is Cc1c(F)cccc1NC(=O)C12CC3CC(CC(C3)C1)C2. The number of hydrogen-bond donors (Lipinski definition) is 1. The van der Waals surface area contributed by atoms with Crippen molar-refractivity contribution in [2.24, 2.45) is 23.2 Å². The third-order valence-electron chi connectivity index (χ3n) is 6.04. The first-order chi connectivity index (χ1) is 10.1. The molecule has 0 saturated heterocycles. The summed E-state index contributed by atoms with van der Waals surface area (Å²) < 4.78 is 13.6. The molecule has 4 fully saturated rings. The van der Waals surface area contributed by atoms with Crippen LogP contribution in [0.3, 0.4) is 0 Å². The van der Waals surface area contributed by atoms with Crippen molar-refractivity contribution < 1.29 is 9.18 Å². The second kappa shape index (κ2) is 4.56. The van der Waals surface area contributed by atoms with E-state index in [2.05, 4.69) is 5.32 Å². The van der Waals surface area contributed by atoms with Crippen molar-refractivity contribution in [3.8, 4) is 0 Å².